The van der Waals surface area contributed by atoms with Crippen LogP contribution in [-0.2, 0) is 9.53 Å². The molecule has 0 bridgehead atoms. The van der Waals surface area contributed by atoms with E-state index in [9.17, 15) is 4.79 Å². The summed E-state index contributed by atoms with van der Waals surface area (Å²) in [7, 11) is 1.55. The molecule has 1 atom stereocenters. The second-order valence-corrected chi connectivity index (χ2v) is 3.51. The Morgan fingerprint density at radius 2 is 2.25 bits per heavy atom. The molecule has 0 rings (SSSR count). The van der Waals surface area contributed by atoms with Gasteiger partial charge >= 0.3 is 0 Å². The molecule has 0 aliphatic heterocycles. The number of methoxy groups -OCH3 is 1. The van der Waals surface area contributed by atoms with Crippen LogP contribution in [-0.4, -0.2) is 49.3 Å². The van der Waals surface area contributed by atoms with Crippen molar-refractivity contribution in [2.45, 2.75) is 19.8 Å². The van der Waals surface area contributed by atoms with Gasteiger partial charge in [0, 0.05) is 20.2 Å². The van der Waals surface area contributed by atoms with Crippen LogP contribution in [0.25, 0.3) is 0 Å². The van der Waals surface area contributed by atoms with Crippen molar-refractivity contribution in [3.63, 3.8) is 0 Å². The summed E-state index contributed by atoms with van der Waals surface area (Å²) in [6.45, 7) is 2.92. The van der Waals surface area contributed by atoms with Gasteiger partial charge in [-0.1, -0.05) is 13.3 Å². The quantitative estimate of drug-likeness (QED) is 0.652. The second kappa shape index (κ2) is 9.13. The third-order valence-corrected chi connectivity index (χ3v) is 2.28. The Morgan fingerprint density at radius 1 is 1.56 bits per heavy atom. The normalized spacial score (nSPS) is 11.9. The van der Waals surface area contributed by atoms with Gasteiger partial charge in [0.25, 0.3) is 0 Å². The third-order valence-electron chi connectivity index (χ3n) is 2.28. The summed E-state index contributed by atoms with van der Waals surface area (Å²) in [5.41, 5.74) is 0. The Morgan fingerprint density at radius 3 is 2.69 bits per heavy atom. The number of rotatable bonds is 8. The summed E-state index contributed by atoms with van der Waals surface area (Å²) in [6.07, 6.45) is 1.35. The molecule has 0 saturated carbocycles. The zero-order valence-corrected chi connectivity index (χ0v) is 9.98. The molecule has 1 amide bonds. The predicted molar refractivity (Wildman–Crippen MR) is 59.6 cm³/mol. The SMILES string of the molecule is CCCC(C#N)C(=O)N(CCO)CCOC. The first-order valence-electron chi connectivity index (χ1n) is 5.49. The molecule has 0 fully saturated rings. The number of aliphatic hydroxyl groups excluding tert-OH is 1. The van der Waals surface area contributed by atoms with E-state index in [1.165, 1.54) is 4.90 Å². The first-order valence-corrected chi connectivity index (χ1v) is 5.49. The predicted octanol–water partition coefficient (Wildman–Crippen LogP) is 0.394. The standard InChI is InChI=1S/C11H20N2O3/c1-3-4-10(9-12)11(15)13(5-7-14)6-8-16-2/h10,14H,3-8H2,1-2H3. The average molecular weight is 228 g/mol. The third kappa shape index (κ3) is 5.10. The lowest BCUT2D eigenvalue weighted by Crippen LogP contribution is -2.39. The van der Waals surface area contributed by atoms with Crippen LogP contribution in [0.4, 0.5) is 0 Å². The van der Waals surface area contributed by atoms with Gasteiger partial charge in [-0.15, -0.1) is 0 Å². The van der Waals surface area contributed by atoms with Crippen LogP contribution in [0.3, 0.4) is 0 Å². The lowest BCUT2D eigenvalue weighted by Gasteiger charge is -2.23. The first-order chi connectivity index (χ1) is 7.71. The number of nitriles is 1. The number of amides is 1. The molecular formula is C11H20N2O3. The highest BCUT2D eigenvalue weighted by atomic mass is 16.5. The minimum Gasteiger partial charge on any atom is -0.395 e. The van der Waals surface area contributed by atoms with Crippen molar-refractivity contribution in [2.24, 2.45) is 5.92 Å². The second-order valence-electron chi connectivity index (χ2n) is 3.51. The van der Waals surface area contributed by atoms with E-state index in [0.717, 1.165) is 6.42 Å². The van der Waals surface area contributed by atoms with Crippen molar-refractivity contribution in [1.29, 1.82) is 5.26 Å². The Bertz CT molecular complexity index is 238. The largest absolute Gasteiger partial charge is 0.395 e. The molecule has 0 heterocycles. The van der Waals surface area contributed by atoms with Crippen molar-refractivity contribution in [1.82, 2.24) is 4.90 Å². The molecule has 1 unspecified atom stereocenters. The van der Waals surface area contributed by atoms with E-state index < -0.39 is 5.92 Å². The number of hydrogen-bond donors (Lipinski definition) is 1. The molecule has 0 aromatic carbocycles. The molecule has 92 valence electrons. The number of ether oxygens (including phenoxy) is 1. The van der Waals surface area contributed by atoms with Crippen LogP contribution in [0.2, 0.25) is 0 Å². The van der Waals surface area contributed by atoms with Gasteiger partial charge in [-0.2, -0.15) is 5.26 Å². The molecular weight excluding hydrogens is 208 g/mol. The van der Waals surface area contributed by atoms with Gasteiger partial charge in [-0.25, -0.2) is 0 Å². The Kier molecular flexibility index (Phi) is 8.49. The maximum absolute atomic E-state index is 11.9. The molecule has 5 nitrogen and oxygen atoms in total. The molecule has 0 aliphatic carbocycles. The molecule has 0 radical (unpaired) electrons. The summed E-state index contributed by atoms with van der Waals surface area (Å²) < 4.78 is 4.88. The highest BCUT2D eigenvalue weighted by Crippen LogP contribution is 2.09. The number of aliphatic hydroxyl groups is 1. The van der Waals surface area contributed by atoms with E-state index in [2.05, 4.69) is 0 Å². The maximum atomic E-state index is 11.9. The molecule has 0 aliphatic rings. The van der Waals surface area contributed by atoms with Crippen molar-refractivity contribution >= 4 is 5.91 Å². The van der Waals surface area contributed by atoms with Crippen molar-refractivity contribution in [3.05, 3.63) is 0 Å². The average Bonchev–Trinajstić information content (AvgIpc) is 2.30. The monoisotopic (exact) mass is 228 g/mol. The van der Waals surface area contributed by atoms with Gasteiger partial charge in [-0.05, 0) is 6.42 Å². The molecule has 5 heteroatoms. The zero-order chi connectivity index (χ0) is 12.4. The Labute approximate surface area is 96.6 Å². The fourth-order valence-electron chi connectivity index (χ4n) is 1.41. The number of nitrogens with zero attached hydrogens (tertiary/aromatic N) is 2. The molecule has 0 spiro atoms. The van der Waals surface area contributed by atoms with E-state index in [0.29, 0.717) is 19.6 Å². The van der Waals surface area contributed by atoms with Crippen LogP contribution >= 0.6 is 0 Å². The summed E-state index contributed by atoms with van der Waals surface area (Å²) in [4.78, 5) is 13.4. The van der Waals surface area contributed by atoms with Gasteiger partial charge in [-0.3, -0.25) is 4.79 Å². The molecule has 0 aromatic heterocycles. The van der Waals surface area contributed by atoms with Gasteiger partial charge in [0.1, 0.15) is 5.92 Å². The number of carbonyl (C=O) groups is 1. The van der Waals surface area contributed by atoms with Crippen molar-refractivity contribution in [2.75, 3.05) is 33.4 Å². The maximum Gasteiger partial charge on any atom is 0.240 e. The van der Waals surface area contributed by atoms with Crippen LogP contribution < -0.4 is 0 Å². The molecule has 16 heavy (non-hydrogen) atoms. The van der Waals surface area contributed by atoms with E-state index in [4.69, 9.17) is 15.1 Å². The fraction of sp³-hybridized carbons (Fsp3) is 0.818. The van der Waals surface area contributed by atoms with Gasteiger partial charge in [0.05, 0.1) is 19.3 Å². The number of carbonyl (C=O) groups excluding carboxylic acids is 1. The van der Waals surface area contributed by atoms with Gasteiger partial charge in [0.15, 0.2) is 0 Å². The van der Waals surface area contributed by atoms with E-state index in [1.54, 1.807) is 7.11 Å². The summed E-state index contributed by atoms with van der Waals surface area (Å²) in [5.74, 6) is -0.816. The lowest BCUT2D eigenvalue weighted by molar-refractivity contribution is -0.135. The van der Waals surface area contributed by atoms with E-state index in [-0.39, 0.29) is 19.1 Å². The van der Waals surface area contributed by atoms with Gasteiger partial charge < -0.3 is 14.7 Å². The van der Waals surface area contributed by atoms with E-state index in [1.807, 2.05) is 13.0 Å². The topological polar surface area (TPSA) is 73.6 Å². The van der Waals surface area contributed by atoms with Crippen LogP contribution in [0.15, 0.2) is 0 Å². The Hall–Kier alpha value is -1.12. The molecule has 1 N–H and O–H groups in total. The fourth-order valence-corrected chi connectivity index (χ4v) is 1.41. The highest BCUT2D eigenvalue weighted by molar-refractivity contribution is 5.81. The van der Waals surface area contributed by atoms with Crippen molar-refractivity contribution in [3.8, 4) is 6.07 Å². The number of hydrogen-bond acceptors (Lipinski definition) is 4. The highest BCUT2D eigenvalue weighted by Gasteiger charge is 2.22. The first kappa shape index (κ1) is 14.9. The minimum absolute atomic E-state index is 0.0975. The summed E-state index contributed by atoms with van der Waals surface area (Å²) >= 11 is 0. The Balaban J connectivity index is 4.39. The van der Waals surface area contributed by atoms with Crippen LogP contribution in [0.1, 0.15) is 19.8 Å². The summed E-state index contributed by atoms with van der Waals surface area (Å²) in [6, 6.07) is 2.00. The zero-order valence-electron chi connectivity index (χ0n) is 9.98. The summed E-state index contributed by atoms with van der Waals surface area (Å²) in [5, 5.41) is 17.7. The smallest absolute Gasteiger partial charge is 0.240 e. The minimum atomic E-state index is -0.603. The van der Waals surface area contributed by atoms with Crippen molar-refractivity contribution < 1.29 is 14.6 Å². The van der Waals surface area contributed by atoms with Crippen LogP contribution in [0.5, 0.6) is 0 Å². The van der Waals surface area contributed by atoms with Gasteiger partial charge in [0.2, 0.25) is 5.91 Å². The van der Waals surface area contributed by atoms with Crippen LogP contribution in [0, 0.1) is 17.2 Å². The molecule has 0 saturated heterocycles. The molecule has 0 aromatic rings. The lowest BCUT2D eigenvalue weighted by atomic mass is 10.0. The van der Waals surface area contributed by atoms with E-state index >= 15 is 0 Å².